The fourth-order valence-electron chi connectivity index (χ4n) is 2.84. The summed E-state index contributed by atoms with van der Waals surface area (Å²) in [6, 6.07) is 18.4. The number of rotatable bonds is 4. The Morgan fingerprint density at radius 2 is 1.85 bits per heavy atom. The maximum absolute atomic E-state index is 12.4. The summed E-state index contributed by atoms with van der Waals surface area (Å²) < 4.78 is 1.65. The molecule has 4 aromatic rings. The monoisotopic (exact) mass is 366 g/mol. The second-order valence-electron chi connectivity index (χ2n) is 5.78. The van der Waals surface area contributed by atoms with Gasteiger partial charge in [-0.15, -0.1) is 0 Å². The van der Waals surface area contributed by atoms with Crippen LogP contribution < -0.4 is 10.9 Å². The second-order valence-corrected chi connectivity index (χ2v) is 6.19. The Kier molecular flexibility index (Phi) is 4.10. The molecule has 6 nitrogen and oxygen atoms in total. The van der Waals surface area contributed by atoms with Gasteiger partial charge in [0.2, 0.25) is 0 Å². The van der Waals surface area contributed by atoms with Crippen molar-refractivity contribution in [3.05, 3.63) is 81.6 Å². The number of para-hydroxylation sites is 1. The second kappa shape index (κ2) is 6.57. The van der Waals surface area contributed by atoms with Crippen molar-refractivity contribution in [3.63, 3.8) is 0 Å². The smallest absolute Gasteiger partial charge is 0.264 e. The number of nitrogens with one attached hydrogen (secondary N) is 2. The molecular formula is C19H15ClN4O2. The summed E-state index contributed by atoms with van der Waals surface area (Å²) in [5, 5.41) is 18.4. The first-order chi connectivity index (χ1) is 12.6. The standard InChI is InChI=1S/C19H15ClN4O2/c20-14-9-5-4-6-12(14)11-21-18-17-15(10-16(25)22-19(17)26)23-24(18)13-7-2-1-3-8-13/h1-10,21,25H,11H2,(H,22,26). The first kappa shape index (κ1) is 16.2. The fraction of sp³-hybridized carbons (Fsp3) is 0.0526. The van der Waals surface area contributed by atoms with Gasteiger partial charge in [0.05, 0.1) is 5.69 Å². The Morgan fingerprint density at radius 1 is 1.12 bits per heavy atom. The number of anilines is 1. The molecular weight excluding hydrogens is 352 g/mol. The molecule has 7 heteroatoms. The SMILES string of the molecule is O=c1[nH]c(O)cc2nn(-c3ccccc3)c(NCc3ccccc3Cl)c12. The van der Waals surface area contributed by atoms with Crippen LogP contribution in [0, 0.1) is 0 Å². The van der Waals surface area contributed by atoms with Gasteiger partial charge in [-0.2, -0.15) is 5.10 Å². The summed E-state index contributed by atoms with van der Waals surface area (Å²) in [5.41, 5.74) is 1.68. The van der Waals surface area contributed by atoms with E-state index in [2.05, 4.69) is 15.4 Å². The van der Waals surface area contributed by atoms with E-state index >= 15 is 0 Å². The van der Waals surface area contributed by atoms with Crippen molar-refractivity contribution in [2.24, 2.45) is 0 Å². The molecule has 0 saturated carbocycles. The summed E-state index contributed by atoms with van der Waals surface area (Å²) in [6.45, 7) is 0.424. The van der Waals surface area contributed by atoms with Crippen molar-refractivity contribution < 1.29 is 5.11 Å². The zero-order valence-electron chi connectivity index (χ0n) is 13.6. The number of fused-ring (bicyclic) bond motifs is 1. The van der Waals surface area contributed by atoms with Gasteiger partial charge in [0.1, 0.15) is 16.7 Å². The molecule has 0 aliphatic carbocycles. The number of hydrogen-bond donors (Lipinski definition) is 3. The predicted octanol–water partition coefficient (Wildman–Crippen LogP) is 3.68. The van der Waals surface area contributed by atoms with Crippen LogP contribution in [0.15, 0.2) is 65.5 Å². The zero-order chi connectivity index (χ0) is 18.1. The molecule has 26 heavy (non-hydrogen) atoms. The molecule has 0 aliphatic rings. The quantitative estimate of drug-likeness (QED) is 0.514. The van der Waals surface area contributed by atoms with E-state index in [9.17, 15) is 9.90 Å². The molecule has 0 spiro atoms. The van der Waals surface area contributed by atoms with Crippen LogP contribution >= 0.6 is 11.6 Å². The lowest BCUT2D eigenvalue weighted by Gasteiger charge is -2.11. The molecule has 0 amide bonds. The molecule has 0 atom stereocenters. The average Bonchev–Trinajstić information content (AvgIpc) is 3.00. The number of hydrogen-bond acceptors (Lipinski definition) is 4. The molecule has 0 fully saturated rings. The molecule has 0 unspecified atom stereocenters. The molecule has 2 aromatic carbocycles. The van der Waals surface area contributed by atoms with Gasteiger partial charge < -0.3 is 10.4 Å². The van der Waals surface area contributed by atoms with E-state index in [0.717, 1.165) is 11.3 Å². The van der Waals surface area contributed by atoms with E-state index in [4.69, 9.17) is 11.6 Å². The molecule has 2 heterocycles. The van der Waals surface area contributed by atoms with E-state index in [0.29, 0.717) is 28.3 Å². The number of aromatic nitrogens is 3. The number of benzene rings is 2. The number of aromatic amines is 1. The van der Waals surface area contributed by atoms with Crippen LogP contribution in [0.1, 0.15) is 5.56 Å². The van der Waals surface area contributed by atoms with Crippen LogP contribution in [0.4, 0.5) is 5.82 Å². The highest BCUT2D eigenvalue weighted by molar-refractivity contribution is 6.31. The normalized spacial score (nSPS) is 11.0. The first-order valence-electron chi connectivity index (χ1n) is 8.01. The molecule has 4 rings (SSSR count). The Bertz CT molecular complexity index is 1140. The summed E-state index contributed by atoms with van der Waals surface area (Å²) in [5.74, 6) is 0.310. The number of nitrogens with zero attached hydrogens (tertiary/aromatic N) is 2. The van der Waals surface area contributed by atoms with E-state index < -0.39 is 5.56 Å². The van der Waals surface area contributed by atoms with Gasteiger partial charge >= 0.3 is 0 Å². The van der Waals surface area contributed by atoms with Gasteiger partial charge in [-0.25, -0.2) is 4.68 Å². The van der Waals surface area contributed by atoms with Gasteiger partial charge in [0, 0.05) is 17.6 Å². The Balaban J connectivity index is 1.85. The van der Waals surface area contributed by atoms with Gasteiger partial charge in [-0.3, -0.25) is 9.78 Å². The van der Waals surface area contributed by atoms with Crippen LogP contribution in [-0.4, -0.2) is 19.9 Å². The first-order valence-corrected chi connectivity index (χ1v) is 8.39. The van der Waals surface area contributed by atoms with Crippen molar-refractivity contribution >= 4 is 28.3 Å². The maximum Gasteiger partial charge on any atom is 0.264 e. The van der Waals surface area contributed by atoms with Crippen LogP contribution in [0.3, 0.4) is 0 Å². The van der Waals surface area contributed by atoms with Crippen molar-refractivity contribution in [2.45, 2.75) is 6.54 Å². The van der Waals surface area contributed by atoms with E-state index in [1.807, 2.05) is 54.6 Å². The van der Waals surface area contributed by atoms with Crippen LogP contribution in [0.25, 0.3) is 16.6 Å². The van der Waals surface area contributed by atoms with Gasteiger partial charge in [-0.1, -0.05) is 48.0 Å². The number of H-pyrrole nitrogens is 1. The molecule has 2 aromatic heterocycles. The topological polar surface area (TPSA) is 82.9 Å². The highest BCUT2D eigenvalue weighted by Gasteiger charge is 2.17. The third-order valence-electron chi connectivity index (χ3n) is 4.06. The molecule has 3 N–H and O–H groups in total. The van der Waals surface area contributed by atoms with E-state index in [-0.39, 0.29) is 5.88 Å². The van der Waals surface area contributed by atoms with Crippen molar-refractivity contribution in [1.29, 1.82) is 0 Å². The largest absolute Gasteiger partial charge is 0.494 e. The molecule has 130 valence electrons. The lowest BCUT2D eigenvalue weighted by Crippen LogP contribution is -2.10. The third kappa shape index (κ3) is 2.91. The molecule has 0 bridgehead atoms. The zero-order valence-corrected chi connectivity index (χ0v) is 14.4. The summed E-state index contributed by atoms with van der Waals surface area (Å²) in [7, 11) is 0. The number of halogens is 1. The Morgan fingerprint density at radius 3 is 2.62 bits per heavy atom. The maximum atomic E-state index is 12.4. The van der Waals surface area contributed by atoms with E-state index in [1.54, 1.807) is 4.68 Å². The Labute approximate surface area is 153 Å². The molecule has 0 saturated heterocycles. The lowest BCUT2D eigenvalue weighted by atomic mass is 10.2. The minimum atomic E-state index is -0.413. The van der Waals surface area contributed by atoms with Gasteiger partial charge in [0.15, 0.2) is 5.88 Å². The van der Waals surface area contributed by atoms with Crippen molar-refractivity contribution in [3.8, 4) is 11.6 Å². The summed E-state index contributed by atoms with van der Waals surface area (Å²) >= 11 is 6.23. The highest BCUT2D eigenvalue weighted by Crippen LogP contribution is 2.26. The van der Waals surface area contributed by atoms with Gasteiger partial charge in [-0.05, 0) is 23.8 Å². The fourth-order valence-corrected chi connectivity index (χ4v) is 3.05. The van der Waals surface area contributed by atoms with Crippen LogP contribution in [-0.2, 0) is 6.54 Å². The van der Waals surface area contributed by atoms with Crippen molar-refractivity contribution in [2.75, 3.05) is 5.32 Å². The van der Waals surface area contributed by atoms with Crippen molar-refractivity contribution in [1.82, 2.24) is 14.8 Å². The number of aromatic hydroxyl groups is 1. The minimum Gasteiger partial charge on any atom is -0.494 e. The summed E-state index contributed by atoms with van der Waals surface area (Å²) in [4.78, 5) is 14.8. The van der Waals surface area contributed by atoms with Gasteiger partial charge in [0.25, 0.3) is 5.56 Å². The van der Waals surface area contributed by atoms with E-state index in [1.165, 1.54) is 6.07 Å². The average molecular weight is 367 g/mol. The molecule has 0 radical (unpaired) electrons. The highest BCUT2D eigenvalue weighted by atomic mass is 35.5. The van der Waals surface area contributed by atoms with Crippen LogP contribution in [0.2, 0.25) is 5.02 Å². The summed E-state index contributed by atoms with van der Waals surface area (Å²) in [6.07, 6.45) is 0. The Hall–Kier alpha value is -3.25. The van der Waals surface area contributed by atoms with Crippen LogP contribution in [0.5, 0.6) is 5.88 Å². The molecule has 0 aliphatic heterocycles. The predicted molar refractivity (Wildman–Crippen MR) is 102 cm³/mol. The third-order valence-corrected chi connectivity index (χ3v) is 4.43. The number of pyridine rings is 1. The lowest BCUT2D eigenvalue weighted by molar-refractivity contribution is 0.453. The minimum absolute atomic E-state index is 0.224.